The molecule has 0 aliphatic carbocycles. The number of nitrogens with zero attached hydrogens (tertiary/aromatic N) is 1. The van der Waals surface area contributed by atoms with Crippen LogP contribution < -0.4 is 15.4 Å². The first kappa shape index (κ1) is 30.5. The Bertz CT molecular complexity index is 1060. The zero-order valence-corrected chi connectivity index (χ0v) is 23.2. The molecule has 0 aliphatic heterocycles. The van der Waals surface area contributed by atoms with Crippen molar-refractivity contribution in [1.82, 2.24) is 10.2 Å². The number of ether oxygens (including phenoxy) is 2. The number of phenols is 1. The van der Waals surface area contributed by atoms with Gasteiger partial charge in [-0.3, -0.25) is 9.59 Å². The first-order valence-corrected chi connectivity index (χ1v) is 13.0. The first-order chi connectivity index (χ1) is 18.0. The summed E-state index contributed by atoms with van der Waals surface area (Å²) in [4.78, 5) is 41.3. The summed E-state index contributed by atoms with van der Waals surface area (Å²) in [5, 5.41) is 16.1. The minimum absolute atomic E-state index is 0.110. The van der Waals surface area contributed by atoms with Crippen LogP contribution in [-0.2, 0) is 14.3 Å². The fraction of sp³-hybridized carbons (Fsp3) is 0.483. The van der Waals surface area contributed by atoms with Crippen LogP contribution >= 0.6 is 0 Å². The van der Waals surface area contributed by atoms with E-state index in [1.807, 2.05) is 0 Å². The van der Waals surface area contributed by atoms with Crippen molar-refractivity contribution in [1.29, 1.82) is 0 Å². The smallest absolute Gasteiger partial charge is 0.408 e. The number of carbonyl (C=O) groups excluding carboxylic acids is 3. The topological polar surface area (TPSA) is 117 Å². The van der Waals surface area contributed by atoms with E-state index < -0.39 is 35.6 Å². The number of aromatic hydroxyl groups is 1. The lowest BCUT2D eigenvalue weighted by atomic mass is 10.0. The van der Waals surface area contributed by atoms with Gasteiger partial charge in [-0.25, -0.2) is 4.79 Å². The molecule has 3 N–H and O–H groups in total. The Labute approximate surface area is 225 Å². The molecule has 0 heterocycles. The second kappa shape index (κ2) is 14.3. The number of hydrogen-bond acceptors (Lipinski definition) is 6. The van der Waals surface area contributed by atoms with Crippen molar-refractivity contribution in [3.63, 3.8) is 0 Å². The monoisotopic (exact) mass is 527 g/mol. The maximum absolute atomic E-state index is 13.8. The zero-order chi connectivity index (χ0) is 28.3. The van der Waals surface area contributed by atoms with E-state index in [0.29, 0.717) is 17.9 Å². The second-order valence-electron chi connectivity index (χ2n) is 10.1. The summed E-state index contributed by atoms with van der Waals surface area (Å²) in [7, 11) is 1.55. The van der Waals surface area contributed by atoms with Gasteiger partial charge in [0.15, 0.2) is 0 Å². The number of nitrogens with one attached hydrogen (secondary N) is 2. The molecule has 0 bridgehead atoms. The number of anilines is 1. The Balaban J connectivity index is 2.42. The summed E-state index contributed by atoms with van der Waals surface area (Å²) in [6.45, 7) is 9.09. The lowest BCUT2D eigenvalue weighted by Crippen LogP contribution is -2.51. The molecular weight excluding hydrogens is 486 g/mol. The predicted octanol–water partition coefficient (Wildman–Crippen LogP) is 5.40. The Hall–Kier alpha value is -3.75. The van der Waals surface area contributed by atoms with Gasteiger partial charge in [-0.05, 0) is 64.4 Å². The average Bonchev–Trinajstić information content (AvgIpc) is 2.85. The third kappa shape index (κ3) is 9.28. The number of para-hydroxylation sites is 1. The van der Waals surface area contributed by atoms with Crippen molar-refractivity contribution in [2.45, 2.75) is 78.0 Å². The molecule has 2 aromatic rings. The SMILES string of the molecule is CCCCCCN(C(=O)C(C)NC(=O)OC(C)(C)C)C(C(=O)Nc1ccc(OC)cc1)c1ccccc1O. The fourth-order valence-corrected chi connectivity index (χ4v) is 3.92. The number of hydrogen-bond donors (Lipinski definition) is 3. The molecular formula is C29H41N3O6. The third-order valence-corrected chi connectivity index (χ3v) is 5.79. The van der Waals surface area contributed by atoms with Gasteiger partial charge in [0.2, 0.25) is 5.91 Å². The van der Waals surface area contributed by atoms with Crippen molar-refractivity contribution in [2.75, 3.05) is 19.0 Å². The van der Waals surface area contributed by atoms with Crippen LogP contribution in [0.2, 0.25) is 0 Å². The normalized spacial score (nSPS) is 12.7. The quantitative estimate of drug-likeness (QED) is 0.318. The number of carbonyl (C=O) groups is 3. The van der Waals surface area contributed by atoms with Crippen LogP contribution in [-0.4, -0.2) is 53.2 Å². The summed E-state index contributed by atoms with van der Waals surface area (Å²) >= 11 is 0. The van der Waals surface area contributed by atoms with Gasteiger partial charge in [0.1, 0.15) is 29.2 Å². The van der Waals surface area contributed by atoms with Crippen LogP contribution in [0.5, 0.6) is 11.5 Å². The van der Waals surface area contributed by atoms with Crippen molar-refractivity contribution in [3.05, 3.63) is 54.1 Å². The van der Waals surface area contributed by atoms with E-state index in [9.17, 15) is 19.5 Å². The van der Waals surface area contributed by atoms with Gasteiger partial charge in [0, 0.05) is 17.8 Å². The maximum Gasteiger partial charge on any atom is 0.408 e. The number of benzene rings is 2. The highest BCUT2D eigenvalue weighted by molar-refractivity contribution is 5.99. The van der Waals surface area contributed by atoms with Gasteiger partial charge in [-0.2, -0.15) is 0 Å². The number of alkyl carbamates (subject to hydrolysis) is 1. The largest absolute Gasteiger partial charge is 0.508 e. The molecule has 2 atom stereocenters. The average molecular weight is 528 g/mol. The molecule has 2 rings (SSSR count). The molecule has 9 nitrogen and oxygen atoms in total. The van der Waals surface area contributed by atoms with E-state index in [1.54, 1.807) is 77.3 Å². The summed E-state index contributed by atoms with van der Waals surface area (Å²) < 4.78 is 10.5. The molecule has 9 heteroatoms. The van der Waals surface area contributed by atoms with Crippen molar-refractivity contribution in [2.24, 2.45) is 0 Å². The van der Waals surface area contributed by atoms with E-state index in [4.69, 9.17) is 9.47 Å². The number of methoxy groups -OCH3 is 1. The van der Waals surface area contributed by atoms with E-state index in [2.05, 4.69) is 17.6 Å². The van der Waals surface area contributed by atoms with E-state index in [-0.39, 0.29) is 17.9 Å². The second-order valence-corrected chi connectivity index (χ2v) is 10.1. The van der Waals surface area contributed by atoms with Gasteiger partial charge < -0.3 is 30.1 Å². The van der Waals surface area contributed by atoms with Crippen LogP contribution in [0.3, 0.4) is 0 Å². The number of rotatable bonds is 12. The van der Waals surface area contributed by atoms with Crippen molar-refractivity contribution in [3.8, 4) is 11.5 Å². The molecule has 2 aromatic carbocycles. The third-order valence-electron chi connectivity index (χ3n) is 5.79. The summed E-state index contributed by atoms with van der Waals surface area (Å²) in [5.74, 6) is -0.438. The molecule has 0 saturated heterocycles. The standard InChI is InChI=1S/C29H41N3O6/c1-7-8-9-12-19-32(27(35)20(2)30-28(36)38-29(3,4)5)25(23-13-10-11-14-24(23)33)26(34)31-21-15-17-22(37-6)18-16-21/h10-11,13-18,20,25,33H,7-9,12,19H2,1-6H3,(H,30,36)(H,31,34). The number of phenolic OH excluding ortho intramolecular Hbond substituents is 1. The molecule has 0 radical (unpaired) electrons. The lowest BCUT2D eigenvalue weighted by Gasteiger charge is -2.34. The molecule has 0 aromatic heterocycles. The highest BCUT2D eigenvalue weighted by atomic mass is 16.6. The summed E-state index contributed by atoms with van der Waals surface area (Å²) in [5.41, 5.74) is 0.0601. The Morgan fingerprint density at radius 2 is 1.66 bits per heavy atom. The van der Waals surface area contributed by atoms with Crippen LogP contribution in [0.4, 0.5) is 10.5 Å². The van der Waals surface area contributed by atoms with Gasteiger partial charge in [0.25, 0.3) is 5.91 Å². The maximum atomic E-state index is 13.8. The molecule has 0 saturated carbocycles. The van der Waals surface area contributed by atoms with Crippen molar-refractivity contribution >= 4 is 23.6 Å². The van der Waals surface area contributed by atoms with Gasteiger partial charge >= 0.3 is 6.09 Å². The number of unbranched alkanes of at least 4 members (excludes halogenated alkanes) is 3. The van der Waals surface area contributed by atoms with Gasteiger partial charge in [-0.1, -0.05) is 44.4 Å². The fourth-order valence-electron chi connectivity index (χ4n) is 3.92. The summed E-state index contributed by atoms with van der Waals surface area (Å²) in [6, 6.07) is 11.1. The molecule has 0 aliphatic rings. The Morgan fingerprint density at radius 3 is 2.24 bits per heavy atom. The highest BCUT2D eigenvalue weighted by Gasteiger charge is 2.36. The molecule has 2 unspecified atom stereocenters. The van der Waals surface area contributed by atoms with Gasteiger partial charge in [0.05, 0.1) is 7.11 Å². The summed E-state index contributed by atoms with van der Waals surface area (Å²) in [6.07, 6.45) is 2.77. The van der Waals surface area contributed by atoms with Gasteiger partial charge in [-0.15, -0.1) is 0 Å². The van der Waals surface area contributed by atoms with E-state index in [1.165, 1.54) is 11.0 Å². The van der Waals surface area contributed by atoms with Crippen LogP contribution in [0, 0.1) is 0 Å². The van der Waals surface area contributed by atoms with E-state index >= 15 is 0 Å². The van der Waals surface area contributed by atoms with Crippen LogP contribution in [0.1, 0.15) is 71.9 Å². The molecule has 0 spiro atoms. The minimum atomic E-state index is -1.14. The molecule has 0 fully saturated rings. The van der Waals surface area contributed by atoms with Crippen molar-refractivity contribution < 1.29 is 29.0 Å². The highest BCUT2D eigenvalue weighted by Crippen LogP contribution is 2.31. The lowest BCUT2D eigenvalue weighted by molar-refractivity contribution is -0.140. The zero-order valence-electron chi connectivity index (χ0n) is 23.2. The predicted molar refractivity (Wildman–Crippen MR) is 147 cm³/mol. The Kier molecular flexibility index (Phi) is 11.4. The Morgan fingerprint density at radius 1 is 1.00 bits per heavy atom. The molecule has 3 amide bonds. The first-order valence-electron chi connectivity index (χ1n) is 13.0. The van der Waals surface area contributed by atoms with Crippen LogP contribution in [0.15, 0.2) is 48.5 Å². The molecule has 208 valence electrons. The molecule has 38 heavy (non-hydrogen) atoms. The minimum Gasteiger partial charge on any atom is -0.508 e. The van der Waals surface area contributed by atoms with Crippen LogP contribution in [0.25, 0.3) is 0 Å². The number of amides is 3. The van der Waals surface area contributed by atoms with E-state index in [0.717, 1.165) is 19.3 Å².